The summed E-state index contributed by atoms with van der Waals surface area (Å²) in [4.78, 5) is 0. The Morgan fingerprint density at radius 2 is 1.44 bits per heavy atom. The molecule has 3 heterocycles. The molecular weight excluding hydrogens is 651 g/mol. The van der Waals surface area contributed by atoms with Crippen LogP contribution in [-0.4, -0.2) is 130 Å². The molecule has 2 fully saturated rings. The van der Waals surface area contributed by atoms with Crippen LogP contribution < -0.4 is 14.8 Å². The zero-order valence-corrected chi connectivity index (χ0v) is 25.7. The molecule has 0 aliphatic carbocycles. The normalized spacial score (nSPS) is 33.4. The Labute approximate surface area is 273 Å². The van der Waals surface area contributed by atoms with E-state index < -0.39 is 92.5 Å². The van der Waals surface area contributed by atoms with Crippen molar-refractivity contribution in [2.24, 2.45) is 0 Å². The van der Waals surface area contributed by atoms with Crippen LogP contribution in [0.2, 0.25) is 0 Å². The zero-order valence-electron chi connectivity index (χ0n) is 25.7. The molecule has 8 N–H and O–H groups in total. The molecule has 0 bridgehead atoms. The van der Waals surface area contributed by atoms with E-state index in [-0.39, 0.29) is 24.9 Å². The topological polar surface area (TPSA) is 209 Å². The first kappa shape index (κ1) is 36.6. The summed E-state index contributed by atoms with van der Waals surface area (Å²) in [6, 6.07) is 9.53. The summed E-state index contributed by atoms with van der Waals surface area (Å²) >= 11 is 0. The predicted octanol–water partition coefficient (Wildman–Crippen LogP) is -0.663. The Balaban J connectivity index is 1.28. The molecule has 0 radical (unpaired) electrons. The largest absolute Gasteiger partial charge is 0.454 e. The molecule has 0 amide bonds. The summed E-state index contributed by atoms with van der Waals surface area (Å²) in [7, 11) is 0. The molecular formula is C31H40F3NO13. The highest BCUT2D eigenvalue weighted by molar-refractivity contribution is 5.44. The SMILES string of the molecule is CC(Cc1ccc2c(c1)OCO2)NC[C@H](O[C@@H]1O[C@H](CO[C@@H]2O[C@H](CO)[C@@H](O)[C@H](O)[C@H]2O)[C@@H](O)[C@H](O)[C@H]1O)c1ccc(C(F)(F)F)cc1. The van der Waals surface area contributed by atoms with Gasteiger partial charge in [0.2, 0.25) is 6.79 Å². The first-order valence-corrected chi connectivity index (χ1v) is 15.3. The highest BCUT2D eigenvalue weighted by Gasteiger charge is 2.48. The van der Waals surface area contributed by atoms with Gasteiger partial charge in [0, 0.05) is 12.6 Å². The van der Waals surface area contributed by atoms with E-state index >= 15 is 0 Å². The van der Waals surface area contributed by atoms with Gasteiger partial charge in [0.15, 0.2) is 24.1 Å². The Kier molecular flexibility index (Phi) is 11.8. The predicted molar refractivity (Wildman–Crippen MR) is 155 cm³/mol. The smallest absolute Gasteiger partial charge is 0.416 e. The van der Waals surface area contributed by atoms with E-state index in [0.717, 1.165) is 17.7 Å². The molecule has 2 aromatic carbocycles. The van der Waals surface area contributed by atoms with Crippen LogP contribution in [0.25, 0.3) is 0 Å². The molecule has 3 aliphatic rings. The lowest BCUT2D eigenvalue weighted by Crippen LogP contribution is -2.62. The minimum absolute atomic E-state index is 0.0222. The molecule has 12 atom stereocenters. The van der Waals surface area contributed by atoms with Gasteiger partial charge in [-0.05, 0) is 48.7 Å². The maximum absolute atomic E-state index is 13.3. The Hall–Kier alpha value is -2.65. The van der Waals surface area contributed by atoms with Crippen LogP contribution in [0.15, 0.2) is 42.5 Å². The fourth-order valence-corrected chi connectivity index (χ4v) is 5.66. The van der Waals surface area contributed by atoms with Crippen LogP contribution in [0, 0.1) is 0 Å². The number of benzene rings is 2. The second-order valence-corrected chi connectivity index (χ2v) is 12.0. The summed E-state index contributed by atoms with van der Waals surface area (Å²) in [5.41, 5.74) is 0.333. The van der Waals surface area contributed by atoms with Gasteiger partial charge in [-0.25, -0.2) is 0 Å². The quantitative estimate of drug-likeness (QED) is 0.139. The average Bonchev–Trinajstić information content (AvgIpc) is 3.53. The molecule has 2 saturated heterocycles. The van der Waals surface area contributed by atoms with Crippen LogP contribution in [0.3, 0.4) is 0 Å². The van der Waals surface area contributed by atoms with Crippen LogP contribution in [0.5, 0.6) is 11.5 Å². The number of aliphatic hydroxyl groups is 7. The van der Waals surface area contributed by atoms with E-state index in [1.54, 1.807) is 6.07 Å². The average molecular weight is 692 g/mol. The molecule has 48 heavy (non-hydrogen) atoms. The summed E-state index contributed by atoms with van der Waals surface area (Å²) in [6.45, 7) is 0.744. The molecule has 1 unspecified atom stereocenters. The van der Waals surface area contributed by atoms with E-state index in [4.69, 9.17) is 28.4 Å². The monoisotopic (exact) mass is 691 g/mol. The molecule has 0 spiro atoms. The van der Waals surface area contributed by atoms with Crippen molar-refractivity contribution in [3.63, 3.8) is 0 Å². The lowest BCUT2D eigenvalue weighted by atomic mass is 9.98. The Morgan fingerprint density at radius 3 is 2.10 bits per heavy atom. The van der Waals surface area contributed by atoms with E-state index in [1.165, 1.54) is 12.1 Å². The first-order valence-electron chi connectivity index (χ1n) is 15.3. The zero-order chi connectivity index (χ0) is 34.7. The van der Waals surface area contributed by atoms with Crippen molar-refractivity contribution < 1.29 is 77.3 Å². The highest BCUT2D eigenvalue weighted by Crippen LogP contribution is 2.34. The Bertz CT molecular complexity index is 1340. The van der Waals surface area contributed by atoms with Gasteiger partial charge in [0.25, 0.3) is 0 Å². The molecule has 0 saturated carbocycles. The third-order valence-corrected chi connectivity index (χ3v) is 8.48. The third-order valence-electron chi connectivity index (χ3n) is 8.48. The number of nitrogens with one attached hydrogen (secondary N) is 1. The van der Waals surface area contributed by atoms with Crippen molar-refractivity contribution in [3.05, 3.63) is 59.2 Å². The van der Waals surface area contributed by atoms with Crippen LogP contribution in [-0.2, 0) is 31.5 Å². The van der Waals surface area contributed by atoms with Gasteiger partial charge in [-0.3, -0.25) is 0 Å². The number of ether oxygens (including phenoxy) is 6. The van der Waals surface area contributed by atoms with Gasteiger partial charge in [-0.2, -0.15) is 13.2 Å². The van der Waals surface area contributed by atoms with E-state index in [9.17, 15) is 48.9 Å². The van der Waals surface area contributed by atoms with E-state index in [1.807, 2.05) is 19.1 Å². The lowest BCUT2D eigenvalue weighted by Gasteiger charge is -2.43. The van der Waals surface area contributed by atoms with Gasteiger partial charge in [0.1, 0.15) is 48.8 Å². The fraction of sp³-hybridized carbons (Fsp3) is 0.613. The number of aliphatic hydroxyl groups excluding tert-OH is 7. The van der Waals surface area contributed by atoms with Crippen molar-refractivity contribution in [2.45, 2.75) is 93.1 Å². The lowest BCUT2D eigenvalue weighted by molar-refractivity contribution is -0.336. The van der Waals surface area contributed by atoms with E-state index in [0.29, 0.717) is 17.9 Å². The second-order valence-electron chi connectivity index (χ2n) is 12.0. The number of rotatable bonds is 12. The minimum atomic E-state index is -4.58. The van der Waals surface area contributed by atoms with Crippen LogP contribution in [0.4, 0.5) is 13.2 Å². The fourth-order valence-electron chi connectivity index (χ4n) is 5.66. The molecule has 0 aromatic heterocycles. The van der Waals surface area contributed by atoms with Gasteiger partial charge < -0.3 is 69.5 Å². The molecule has 2 aromatic rings. The molecule has 14 nitrogen and oxygen atoms in total. The highest BCUT2D eigenvalue weighted by atomic mass is 19.4. The third kappa shape index (κ3) is 8.38. The number of hydrogen-bond acceptors (Lipinski definition) is 14. The van der Waals surface area contributed by atoms with Crippen LogP contribution in [0.1, 0.15) is 29.7 Å². The van der Waals surface area contributed by atoms with Crippen molar-refractivity contribution in [3.8, 4) is 11.5 Å². The van der Waals surface area contributed by atoms with E-state index in [2.05, 4.69) is 5.32 Å². The molecule has 17 heteroatoms. The molecule has 5 rings (SSSR count). The van der Waals surface area contributed by atoms with Crippen molar-refractivity contribution in [2.75, 3.05) is 26.6 Å². The van der Waals surface area contributed by atoms with Gasteiger partial charge in [-0.1, -0.05) is 18.2 Å². The molecule has 268 valence electrons. The summed E-state index contributed by atoms with van der Waals surface area (Å²) in [5, 5.41) is 75.0. The van der Waals surface area contributed by atoms with Crippen LogP contribution >= 0.6 is 0 Å². The second kappa shape index (κ2) is 15.5. The van der Waals surface area contributed by atoms with Gasteiger partial charge in [-0.15, -0.1) is 0 Å². The maximum Gasteiger partial charge on any atom is 0.416 e. The summed E-state index contributed by atoms with van der Waals surface area (Å²) in [5.74, 6) is 1.24. The number of hydrogen-bond donors (Lipinski definition) is 8. The van der Waals surface area contributed by atoms with Gasteiger partial charge in [0.05, 0.1) is 24.9 Å². The number of fused-ring (bicyclic) bond motifs is 1. The van der Waals surface area contributed by atoms with Gasteiger partial charge >= 0.3 is 6.18 Å². The maximum atomic E-state index is 13.3. The summed E-state index contributed by atoms with van der Waals surface area (Å²) < 4.78 is 73.2. The summed E-state index contributed by atoms with van der Waals surface area (Å²) in [6.07, 6.45) is -21.4. The molecule has 3 aliphatic heterocycles. The van der Waals surface area contributed by atoms with Crippen molar-refractivity contribution >= 4 is 0 Å². The minimum Gasteiger partial charge on any atom is -0.454 e. The number of alkyl halides is 3. The first-order chi connectivity index (χ1) is 22.8. The standard InChI is InChI=1S/C31H40F3NO13/c1-14(8-15-2-7-18-19(9-15)45-13-44-18)35-10-20(16-3-5-17(6-4-16)31(32,33)34)46-30-28(42)26(40)24(38)22(48-30)12-43-29-27(41)25(39)23(37)21(11-36)47-29/h2-7,9,14,20-30,35-42H,8,10-13H2,1H3/t14?,20-,21+,22+,23+,24+,25-,26-,27+,28+,29+,30+/m0/s1. The van der Waals surface area contributed by atoms with Crippen molar-refractivity contribution in [1.82, 2.24) is 5.32 Å². The Morgan fingerprint density at radius 1 is 0.812 bits per heavy atom. The number of halogens is 3. The van der Waals surface area contributed by atoms with Crippen molar-refractivity contribution in [1.29, 1.82) is 0 Å².